The van der Waals surface area contributed by atoms with Crippen molar-refractivity contribution in [3.63, 3.8) is 0 Å². The highest BCUT2D eigenvalue weighted by atomic mass is 15.5. The van der Waals surface area contributed by atoms with E-state index in [4.69, 9.17) is 0 Å². The lowest BCUT2D eigenvalue weighted by atomic mass is 10.1. The summed E-state index contributed by atoms with van der Waals surface area (Å²) >= 11 is 0. The summed E-state index contributed by atoms with van der Waals surface area (Å²) in [5, 5.41) is 2.22. The highest BCUT2D eigenvalue weighted by Crippen LogP contribution is 2.17. The molecule has 1 aromatic carbocycles. The topological polar surface area (TPSA) is 21.1 Å². The van der Waals surface area contributed by atoms with Gasteiger partial charge in [0, 0.05) is 25.1 Å². The van der Waals surface area contributed by atoms with Gasteiger partial charge in [0.05, 0.1) is 11.4 Å². The van der Waals surface area contributed by atoms with Gasteiger partial charge >= 0.3 is 0 Å². The summed E-state index contributed by atoms with van der Waals surface area (Å²) in [4.78, 5) is 4.10. The minimum atomic E-state index is 0.879. The molecule has 0 spiro atoms. The quantitative estimate of drug-likeness (QED) is 0.684. The molecule has 3 heteroatoms. The molecule has 23 heavy (non-hydrogen) atoms. The zero-order chi connectivity index (χ0) is 16.1. The van der Waals surface area contributed by atoms with Crippen LogP contribution in [0.3, 0.4) is 0 Å². The second kappa shape index (κ2) is 6.97. The average Bonchev–Trinajstić information content (AvgIpc) is 3.04. The SMILES string of the molecule is CCN(c1ccncc1)n1cccc1C=Cc1ccc(C)cc1. The van der Waals surface area contributed by atoms with Crippen LogP contribution in [0, 0.1) is 6.92 Å². The van der Waals surface area contributed by atoms with Crippen molar-refractivity contribution in [2.75, 3.05) is 11.6 Å². The number of nitrogens with zero attached hydrogens (tertiary/aromatic N) is 3. The second-order valence-electron chi connectivity index (χ2n) is 5.44. The summed E-state index contributed by atoms with van der Waals surface area (Å²) in [6, 6.07) is 16.8. The number of pyridine rings is 1. The molecule has 2 aromatic heterocycles. The zero-order valence-electron chi connectivity index (χ0n) is 13.6. The van der Waals surface area contributed by atoms with E-state index in [1.54, 1.807) is 0 Å². The molecule has 2 heterocycles. The fourth-order valence-corrected chi connectivity index (χ4v) is 2.57. The number of hydrogen-bond acceptors (Lipinski definition) is 2. The van der Waals surface area contributed by atoms with Crippen molar-refractivity contribution in [1.29, 1.82) is 0 Å². The molecule has 0 saturated carbocycles. The van der Waals surface area contributed by atoms with Gasteiger partial charge in [-0.1, -0.05) is 35.9 Å². The van der Waals surface area contributed by atoms with Crippen LogP contribution in [0.2, 0.25) is 0 Å². The van der Waals surface area contributed by atoms with E-state index in [1.165, 1.54) is 11.1 Å². The monoisotopic (exact) mass is 303 g/mol. The fraction of sp³-hybridized carbons (Fsp3) is 0.150. The Bertz CT molecular complexity index is 770. The van der Waals surface area contributed by atoms with Crippen LogP contribution in [0.4, 0.5) is 5.69 Å². The van der Waals surface area contributed by atoms with Gasteiger partial charge in [-0.15, -0.1) is 0 Å². The largest absolute Gasteiger partial charge is 0.282 e. The first kappa shape index (κ1) is 15.1. The lowest BCUT2D eigenvalue weighted by molar-refractivity contribution is 0.711. The van der Waals surface area contributed by atoms with E-state index in [2.05, 4.69) is 83.3 Å². The Morgan fingerprint density at radius 1 is 1.00 bits per heavy atom. The van der Waals surface area contributed by atoms with Gasteiger partial charge in [0.15, 0.2) is 0 Å². The van der Waals surface area contributed by atoms with Crippen LogP contribution in [0.1, 0.15) is 23.7 Å². The molecule has 0 bridgehead atoms. The summed E-state index contributed by atoms with van der Waals surface area (Å²) in [5.74, 6) is 0. The summed E-state index contributed by atoms with van der Waals surface area (Å²) < 4.78 is 2.17. The van der Waals surface area contributed by atoms with Crippen LogP contribution in [-0.4, -0.2) is 16.2 Å². The maximum atomic E-state index is 4.10. The maximum absolute atomic E-state index is 4.10. The third-order valence-corrected chi connectivity index (χ3v) is 3.80. The molecule has 3 rings (SSSR count). The number of aryl methyl sites for hydroxylation is 1. The number of hydrogen-bond donors (Lipinski definition) is 0. The van der Waals surface area contributed by atoms with Crippen LogP contribution in [0.5, 0.6) is 0 Å². The van der Waals surface area contributed by atoms with E-state index < -0.39 is 0 Å². The molecule has 116 valence electrons. The van der Waals surface area contributed by atoms with Gasteiger partial charge < -0.3 is 0 Å². The predicted octanol–water partition coefficient (Wildman–Crippen LogP) is 4.65. The van der Waals surface area contributed by atoms with E-state index in [9.17, 15) is 0 Å². The molecule has 0 unspecified atom stereocenters. The van der Waals surface area contributed by atoms with Gasteiger partial charge in [0.25, 0.3) is 0 Å². The number of benzene rings is 1. The van der Waals surface area contributed by atoms with Crippen molar-refractivity contribution in [2.24, 2.45) is 0 Å². The van der Waals surface area contributed by atoms with E-state index in [0.29, 0.717) is 0 Å². The van der Waals surface area contributed by atoms with E-state index in [-0.39, 0.29) is 0 Å². The molecule has 0 aliphatic heterocycles. The van der Waals surface area contributed by atoms with Crippen molar-refractivity contribution in [3.8, 4) is 0 Å². The fourth-order valence-electron chi connectivity index (χ4n) is 2.57. The first-order valence-electron chi connectivity index (χ1n) is 7.88. The Kier molecular flexibility index (Phi) is 4.57. The van der Waals surface area contributed by atoms with Crippen LogP contribution in [0.15, 0.2) is 67.1 Å². The Balaban J connectivity index is 1.88. The van der Waals surface area contributed by atoms with Gasteiger partial charge in [-0.2, -0.15) is 0 Å². The van der Waals surface area contributed by atoms with Crippen LogP contribution in [-0.2, 0) is 0 Å². The van der Waals surface area contributed by atoms with Crippen LogP contribution in [0.25, 0.3) is 12.2 Å². The van der Waals surface area contributed by atoms with Gasteiger partial charge in [-0.3, -0.25) is 14.7 Å². The zero-order valence-corrected chi connectivity index (χ0v) is 13.6. The van der Waals surface area contributed by atoms with Crippen molar-refractivity contribution >= 4 is 17.8 Å². The van der Waals surface area contributed by atoms with Gasteiger partial charge in [0.2, 0.25) is 0 Å². The second-order valence-corrected chi connectivity index (χ2v) is 5.44. The third-order valence-electron chi connectivity index (χ3n) is 3.80. The van der Waals surface area contributed by atoms with Gasteiger partial charge in [-0.05, 0) is 49.8 Å². The Morgan fingerprint density at radius 2 is 1.74 bits per heavy atom. The number of rotatable bonds is 5. The van der Waals surface area contributed by atoms with Crippen molar-refractivity contribution in [3.05, 3.63) is 83.9 Å². The predicted molar refractivity (Wildman–Crippen MR) is 97.2 cm³/mol. The van der Waals surface area contributed by atoms with Gasteiger partial charge in [-0.25, -0.2) is 0 Å². The molecule has 3 aromatic rings. The van der Waals surface area contributed by atoms with Gasteiger partial charge in [0.1, 0.15) is 0 Å². The van der Waals surface area contributed by atoms with E-state index in [0.717, 1.165) is 17.9 Å². The molecule has 0 amide bonds. The molecule has 0 saturated heterocycles. The third kappa shape index (κ3) is 3.51. The van der Waals surface area contributed by atoms with Crippen molar-refractivity contribution in [1.82, 2.24) is 9.66 Å². The van der Waals surface area contributed by atoms with E-state index >= 15 is 0 Å². The molecule has 0 radical (unpaired) electrons. The van der Waals surface area contributed by atoms with Crippen molar-refractivity contribution < 1.29 is 0 Å². The molecule has 0 aliphatic carbocycles. The maximum Gasteiger partial charge on any atom is 0.0626 e. The highest BCUT2D eigenvalue weighted by molar-refractivity contribution is 5.69. The highest BCUT2D eigenvalue weighted by Gasteiger charge is 2.08. The Morgan fingerprint density at radius 3 is 2.43 bits per heavy atom. The molecular weight excluding hydrogens is 282 g/mol. The molecule has 0 fully saturated rings. The first-order chi connectivity index (χ1) is 11.3. The lowest BCUT2D eigenvalue weighted by Gasteiger charge is -2.26. The van der Waals surface area contributed by atoms with Crippen LogP contribution < -0.4 is 5.01 Å². The molecule has 0 atom stereocenters. The number of aromatic nitrogens is 2. The van der Waals surface area contributed by atoms with Crippen LogP contribution >= 0.6 is 0 Å². The van der Waals surface area contributed by atoms with E-state index in [1.807, 2.05) is 24.5 Å². The first-order valence-corrected chi connectivity index (χ1v) is 7.88. The number of anilines is 1. The molecular formula is C20H21N3. The normalized spacial score (nSPS) is 11.0. The minimum Gasteiger partial charge on any atom is -0.282 e. The standard InChI is InChI=1S/C20H21N3/c1-3-22(20-12-14-21-15-13-20)23-16-4-5-19(23)11-10-18-8-6-17(2)7-9-18/h4-16H,3H2,1-2H3. The smallest absolute Gasteiger partial charge is 0.0626 e. The summed E-state index contributed by atoms with van der Waals surface area (Å²) in [5.41, 5.74) is 4.75. The summed E-state index contributed by atoms with van der Waals surface area (Å²) in [7, 11) is 0. The lowest BCUT2D eigenvalue weighted by Crippen LogP contribution is -2.29. The minimum absolute atomic E-state index is 0.879. The molecule has 0 N–H and O–H groups in total. The van der Waals surface area contributed by atoms with Crippen molar-refractivity contribution in [2.45, 2.75) is 13.8 Å². The average molecular weight is 303 g/mol. The molecule has 3 nitrogen and oxygen atoms in total. The molecule has 0 aliphatic rings. The summed E-state index contributed by atoms with van der Waals surface area (Å²) in [6.07, 6.45) is 10.0. The Labute approximate surface area is 137 Å². The summed E-state index contributed by atoms with van der Waals surface area (Å²) in [6.45, 7) is 5.13. The Hall–Kier alpha value is -2.81.